The van der Waals surface area contributed by atoms with Crippen molar-refractivity contribution in [1.82, 2.24) is 9.62 Å². The molecule has 1 aliphatic rings. The number of hydrogen-bond acceptors (Lipinski definition) is 4. The predicted molar refractivity (Wildman–Crippen MR) is 76.4 cm³/mol. The summed E-state index contributed by atoms with van der Waals surface area (Å²) in [4.78, 5) is 2.32. The number of alkyl halides is 1. The van der Waals surface area contributed by atoms with E-state index < -0.39 is 10.0 Å². The van der Waals surface area contributed by atoms with Gasteiger partial charge in [0.25, 0.3) is 0 Å². The molecule has 5 nitrogen and oxygen atoms in total. The van der Waals surface area contributed by atoms with E-state index >= 15 is 0 Å². The summed E-state index contributed by atoms with van der Waals surface area (Å²) in [7, 11) is -3.18. The molecular formula is C11H23BrN2O3S. The van der Waals surface area contributed by atoms with E-state index in [1.165, 1.54) is 0 Å². The van der Waals surface area contributed by atoms with Gasteiger partial charge in [0, 0.05) is 25.7 Å². The highest BCUT2D eigenvalue weighted by molar-refractivity contribution is 9.10. The fourth-order valence-corrected chi connectivity index (χ4v) is 3.12. The third kappa shape index (κ3) is 5.97. The Labute approximate surface area is 118 Å². The predicted octanol–water partition coefficient (Wildman–Crippen LogP) is 1.01. The van der Waals surface area contributed by atoms with Crippen molar-refractivity contribution in [2.45, 2.75) is 26.3 Å². The van der Waals surface area contributed by atoms with Gasteiger partial charge in [0.15, 0.2) is 0 Å². The van der Waals surface area contributed by atoms with E-state index in [0.717, 1.165) is 32.7 Å². The van der Waals surface area contributed by atoms with Crippen molar-refractivity contribution < 1.29 is 13.2 Å². The van der Waals surface area contributed by atoms with E-state index in [1.807, 2.05) is 0 Å². The first-order valence-electron chi connectivity index (χ1n) is 6.29. The van der Waals surface area contributed by atoms with Crippen LogP contribution in [-0.4, -0.2) is 56.9 Å². The summed E-state index contributed by atoms with van der Waals surface area (Å²) in [5.41, 5.74) is 0. The zero-order valence-electron chi connectivity index (χ0n) is 11.1. The molecule has 1 saturated heterocycles. The number of nitrogens with one attached hydrogen (secondary N) is 1. The van der Waals surface area contributed by atoms with Gasteiger partial charge in [-0.1, -0.05) is 29.8 Å². The SMILES string of the molecule is CC(C)CC(CNS(=O)(=O)CBr)N1CCOCC1. The Morgan fingerprint density at radius 3 is 2.44 bits per heavy atom. The maximum atomic E-state index is 11.5. The summed E-state index contributed by atoms with van der Waals surface area (Å²) in [5, 5.41) is 0. The third-order valence-electron chi connectivity index (χ3n) is 2.99. The lowest BCUT2D eigenvalue weighted by molar-refractivity contribution is 0.0135. The van der Waals surface area contributed by atoms with E-state index in [9.17, 15) is 8.42 Å². The first kappa shape index (κ1) is 16.4. The molecule has 1 N–H and O–H groups in total. The summed E-state index contributed by atoms with van der Waals surface area (Å²) >= 11 is 2.98. The zero-order valence-corrected chi connectivity index (χ0v) is 13.5. The van der Waals surface area contributed by atoms with Crippen LogP contribution in [-0.2, 0) is 14.8 Å². The minimum atomic E-state index is -3.18. The summed E-state index contributed by atoms with van der Waals surface area (Å²) in [6.07, 6.45) is 0.991. The van der Waals surface area contributed by atoms with Crippen molar-refractivity contribution in [2.75, 3.05) is 37.5 Å². The van der Waals surface area contributed by atoms with Crippen LogP contribution in [0.15, 0.2) is 0 Å². The largest absolute Gasteiger partial charge is 0.379 e. The maximum Gasteiger partial charge on any atom is 0.221 e. The second-order valence-corrected chi connectivity index (χ2v) is 8.11. The molecule has 0 aliphatic carbocycles. The average Bonchev–Trinajstić information content (AvgIpc) is 2.35. The van der Waals surface area contributed by atoms with Crippen molar-refractivity contribution in [2.24, 2.45) is 5.92 Å². The second kappa shape index (κ2) is 7.79. The highest BCUT2D eigenvalue weighted by Crippen LogP contribution is 2.13. The Morgan fingerprint density at radius 2 is 1.94 bits per heavy atom. The molecule has 108 valence electrons. The van der Waals surface area contributed by atoms with Crippen molar-refractivity contribution >= 4 is 26.0 Å². The highest BCUT2D eigenvalue weighted by Gasteiger charge is 2.23. The van der Waals surface area contributed by atoms with Crippen LogP contribution in [0.25, 0.3) is 0 Å². The molecule has 0 aromatic heterocycles. The number of rotatable bonds is 7. The van der Waals surface area contributed by atoms with E-state index in [0.29, 0.717) is 12.5 Å². The number of halogens is 1. The van der Waals surface area contributed by atoms with Crippen molar-refractivity contribution in [3.05, 3.63) is 0 Å². The number of ether oxygens (including phenoxy) is 1. The van der Waals surface area contributed by atoms with Crippen LogP contribution < -0.4 is 4.72 Å². The van der Waals surface area contributed by atoms with Crippen molar-refractivity contribution in [3.63, 3.8) is 0 Å². The van der Waals surface area contributed by atoms with Gasteiger partial charge in [0.1, 0.15) is 4.66 Å². The summed E-state index contributed by atoms with van der Waals surface area (Å²) in [5.74, 6) is 0.548. The van der Waals surface area contributed by atoms with E-state index in [-0.39, 0.29) is 10.7 Å². The lowest BCUT2D eigenvalue weighted by Crippen LogP contribution is -2.49. The highest BCUT2D eigenvalue weighted by atomic mass is 79.9. The zero-order chi connectivity index (χ0) is 13.6. The van der Waals surface area contributed by atoms with Crippen LogP contribution in [0.5, 0.6) is 0 Å². The first-order valence-corrected chi connectivity index (χ1v) is 9.07. The van der Waals surface area contributed by atoms with Gasteiger partial charge in [0.2, 0.25) is 10.0 Å². The lowest BCUT2D eigenvalue weighted by atomic mass is 10.0. The minimum Gasteiger partial charge on any atom is -0.379 e. The monoisotopic (exact) mass is 342 g/mol. The first-order chi connectivity index (χ1) is 8.44. The number of morpholine rings is 1. The van der Waals surface area contributed by atoms with Crippen LogP contribution in [0.4, 0.5) is 0 Å². The topological polar surface area (TPSA) is 58.6 Å². The number of nitrogens with zero attached hydrogens (tertiary/aromatic N) is 1. The molecule has 1 rings (SSSR count). The molecule has 1 fully saturated rings. The minimum absolute atomic E-state index is 0.0441. The van der Waals surface area contributed by atoms with Crippen LogP contribution in [0, 0.1) is 5.92 Å². The third-order valence-corrected chi connectivity index (χ3v) is 5.69. The molecule has 18 heavy (non-hydrogen) atoms. The van der Waals surface area contributed by atoms with Crippen LogP contribution >= 0.6 is 15.9 Å². The van der Waals surface area contributed by atoms with Gasteiger partial charge < -0.3 is 4.74 Å². The number of sulfonamides is 1. The Balaban J connectivity index is 2.54. The van der Waals surface area contributed by atoms with Gasteiger partial charge >= 0.3 is 0 Å². The van der Waals surface area contributed by atoms with E-state index in [4.69, 9.17) is 4.74 Å². The molecule has 0 aromatic carbocycles. The summed E-state index contributed by atoms with van der Waals surface area (Å²) in [6.45, 7) is 8.03. The van der Waals surface area contributed by atoms with Crippen LogP contribution in [0.3, 0.4) is 0 Å². The average molecular weight is 343 g/mol. The van der Waals surface area contributed by atoms with Gasteiger partial charge in [-0.2, -0.15) is 0 Å². The summed E-state index contributed by atoms with van der Waals surface area (Å²) < 4.78 is 30.9. The van der Waals surface area contributed by atoms with Gasteiger partial charge in [-0.25, -0.2) is 13.1 Å². The molecule has 1 aliphatic heterocycles. The molecule has 1 atom stereocenters. The Bertz CT molecular complexity index is 329. The molecule has 7 heteroatoms. The Kier molecular flexibility index (Phi) is 7.08. The molecule has 0 radical (unpaired) electrons. The fourth-order valence-electron chi connectivity index (χ4n) is 2.11. The standard InChI is InChI=1S/C11H23BrN2O3S/c1-10(2)7-11(8-13-18(15,16)9-12)14-3-5-17-6-4-14/h10-11,13H,3-9H2,1-2H3. The molecule has 1 heterocycles. The Morgan fingerprint density at radius 1 is 1.33 bits per heavy atom. The summed E-state index contributed by atoms with van der Waals surface area (Å²) in [6, 6.07) is 0.253. The van der Waals surface area contributed by atoms with E-state index in [1.54, 1.807) is 0 Å². The maximum absolute atomic E-state index is 11.5. The van der Waals surface area contributed by atoms with Crippen molar-refractivity contribution in [1.29, 1.82) is 0 Å². The van der Waals surface area contributed by atoms with Gasteiger partial charge in [-0.3, -0.25) is 4.90 Å². The molecule has 0 bridgehead atoms. The second-order valence-electron chi connectivity index (χ2n) is 5.00. The smallest absolute Gasteiger partial charge is 0.221 e. The quantitative estimate of drug-likeness (QED) is 0.701. The molecule has 0 aromatic rings. The molecule has 0 saturated carbocycles. The van der Waals surface area contributed by atoms with Gasteiger partial charge in [-0.05, 0) is 12.3 Å². The van der Waals surface area contributed by atoms with Gasteiger partial charge in [0.05, 0.1) is 13.2 Å². The van der Waals surface area contributed by atoms with Gasteiger partial charge in [-0.15, -0.1) is 0 Å². The molecule has 1 unspecified atom stereocenters. The normalized spacial score (nSPS) is 20.2. The van der Waals surface area contributed by atoms with E-state index in [2.05, 4.69) is 39.4 Å². The molecule has 0 spiro atoms. The van der Waals surface area contributed by atoms with Crippen molar-refractivity contribution in [3.8, 4) is 0 Å². The Hall–Kier alpha value is 0.310. The van der Waals surface area contributed by atoms with Crippen LogP contribution in [0.2, 0.25) is 0 Å². The molecule has 0 amide bonds. The van der Waals surface area contributed by atoms with Crippen LogP contribution in [0.1, 0.15) is 20.3 Å². The number of hydrogen-bond donors (Lipinski definition) is 1. The molecular weight excluding hydrogens is 320 g/mol. The fraction of sp³-hybridized carbons (Fsp3) is 1.00. The lowest BCUT2D eigenvalue weighted by Gasteiger charge is -2.35.